The van der Waals surface area contributed by atoms with Crippen LogP contribution in [0, 0.1) is 0 Å². The van der Waals surface area contributed by atoms with Crippen LogP contribution in [0.5, 0.6) is 0 Å². The lowest BCUT2D eigenvalue weighted by molar-refractivity contribution is -0.136. The van der Waals surface area contributed by atoms with Gasteiger partial charge in [-0.05, 0) is 48.9 Å². The van der Waals surface area contributed by atoms with Gasteiger partial charge >= 0.3 is 18.0 Å². The molecule has 144 valence electrons. The number of ether oxygens (including phenoxy) is 1. The largest absolute Gasteiger partial charge is 0.478 e. The summed E-state index contributed by atoms with van der Waals surface area (Å²) in [6.45, 7) is 1.65. The first-order chi connectivity index (χ1) is 13.3. The maximum Gasteiger partial charge on any atom is 0.337 e. The second kappa shape index (κ2) is 7.85. The van der Waals surface area contributed by atoms with Gasteiger partial charge in [0.25, 0.3) is 0 Å². The summed E-state index contributed by atoms with van der Waals surface area (Å²) in [6, 6.07) is 12.0. The number of carboxylic acid groups (broad SMARTS) is 1. The van der Waals surface area contributed by atoms with Gasteiger partial charge in [-0.3, -0.25) is 4.90 Å². The van der Waals surface area contributed by atoms with Gasteiger partial charge in [-0.2, -0.15) is 0 Å². The summed E-state index contributed by atoms with van der Waals surface area (Å²) in [4.78, 5) is 37.8. The van der Waals surface area contributed by atoms with Gasteiger partial charge in [0.15, 0.2) is 0 Å². The number of aromatic carboxylic acids is 1. The van der Waals surface area contributed by atoms with Gasteiger partial charge in [0, 0.05) is 10.2 Å². The van der Waals surface area contributed by atoms with Crippen molar-refractivity contribution in [1.82, 2.24) is 5.32 Å². The summed E-state index contributed by atoms with van der Waals surface area (Å²) in [7, 11) is 1.28. The van der Waals surface area contributed by atoms with E-state index < -0.39 is 24.0 Å². The summed E-state index contributed by atoms with van der Waals surface area (Å²) in [5.74, 6) is -1.62. The predicted octanol–water partition coefficient (Wildman–Crippen LogP) is 3.87. The molecule has 0 saturated heterocycles. The van der Waals surface area contributed by atoms with Gasteiger partial charge in [0.05, 0.1) is 30.0 Å². The molecule has 0 radical (unpaired) electrons. The van der Waals surface area contributed by atoms with Crippen molar-refractivity contribution in [3.63, 3.8) is 0 Å². The maximum atomic E-state index is 12.8. The molecule has 28 heavy (non-hydrogen) atoms. The molecule has 1 unspecified atom stereocenters. The third-order valence-electron chi connectivity index (χ3n) is 4.44. The standard InChI is InChI=1S/C20H17BrN2O5/c1-11-16(19(26)28-2)17(13-4-3-5-14(21)10-13)22-20(27)23(11)15-8-6-12(7-9-15)18(24)25/h3-10,17H,1-2H3,(H,22,27)(H,24,25). The molecule has 8 heteroatoms. The van der Waals surface area contributed by atoms with Crippen LogP contribution in [0.4, 0.5) is 10.5 Å². The highest BCUT2D eigenvalue weighted by Crippen LogP contribution is 2.34. The molecule has 2 N–H and O–H groups in total. The molecule has 2 aromatic carbocycles. The second-order valence-corrected chi connectivity index (χ2v) is 7.03. The zero-order chi connectivity index (χ0) is 20.4. The number of carboxylic acids is 1. The van der Waals surface area contributed by atoms with E-state index in [-0.39, 0.29) is 5.56 Å². The van der Waals surface area contributed by atoms with Gasteiger partial charge in [0.1, 0.15) is 0 Å². The van der Waals surface area contributed by atoms with E-state index in [0.717, 1.165) is 10.0 Å². The average molecular weight is 445 g/mol. The lowest BCUT2D eigenvalue weighted by atomic mass is 9.94. The molecule has 2 amide bonds. The fourth-order valence-corrected chi connectivity index (χ4v) is 3.53. The Hall–Kier alpha value is -3.13. The van der Waals surface area contributed by atoms with Crippen molar-refractivity contribution in [1.29, 1.82) is 0 Å². The Morgan fingerprint density at radius 2 is 1.86 bits per heavy atom. The van der Waals surface area contributed by atoms with Gasteiger partial charge in [-0.25, -0.2) is 14.4 Å². The highest BCUT2D eigenvalue weighted by Gasteiger charge is 2.37. The number of anilines is 1. The molecular weight excluding hydrogens is 428 g/mol. The Balaban J connectivity index is 2.10. The summed E-state index contributed by atoms with van der Waals surface area (Å²) in [5.41, 5.74) is 1.96. The van der Waals surface area contributed by atoms with Crippen LogP contribution in [0.15, 0.2) is 64.3 Å². The third kappa shape index (κ3) is 3.63. The topological polar surface area (TPSA) is 95.9 Å². The van der Waals surface area contributed by atoms with Crippen molar-refractivity contribution < 1.29 is 24.2 Å². The van der Waals surface area contributed by atoms with Crippen molar-refractivity contribution >= 4 is 39.6 Å². The van der Waals surface area contributed by atoms with Crippen molar-refractivity contribution in [3.8, 4) is 0 Å². The SMILES string of the molecule is COC(=O)C1=C(C)N(c2ccc(C(=O)O)cc2)C(=O)NC1c1cccc(Br)c1. The van der Waals surface area contributed by atoms with Crippen LogP contribution in [0.3, 0.4) is 0 Å². The molecule has 0 saturated carbocycles. The van der Waals surface area contributed by atoms with E-state index in [2.05, 4.69) is 21.2 Å². The number of carbonyl (C=O) groups excluding carboxylic acids is 2. The van der Waals surface area contributed by atoms with E-state index in [0.29, 0.717) is 17.0 Å². The number of urea groups is 1. The molecule has 0 aliphatic carbocycles. The van der Waals surface area contributed by atoms with Crippen LogP contribution >= 0.6 is 15.9 Å². The summed E-state index contributed by atoms with van der Waals surface area (Å²) in [5, 5.41) is 11.9. The van der Waals surface area contributed by atoms with Crippen LogP contribution in [0.2, 0.25) is 0 Å². The fourth-order valence-electron chi connectivity index (χ4n) is 3.12. The molecule has 7 nitrogen and oxygen atoms in total. The fraction of sp³-hybridized carbons (Fsp3) is 0.150. The molecule has 0 spiro atoms. The number of nitrogens with zero attached hydrogens (tertiary/aromatic N) is 1. The number of carbonyl (C=O) groups is 3. The molecule has 1 aliphatic heterocycles. The van der Waals surface area contributed by atoms with Gasteiger partial charge in [-0.1, -0.05) is 28.1 Å². The van der Waals surface area contributed by atoms with E-state index in [1.807, 2.05) is 24.3 Å². The van der Waals surface area contributed by atoms with Crippen LogP contribution in [-0.4, -0.2) is 30.2 Å². The van der Waals surface area contributed by atoms with E-state index >= 15 is 0 Å². The number of esters is 1. The van der Waals surface area contributed by atoms with Crippen LogP contribution in [0.1, 0.15) is 28.9 Å². The third-order valence-corrected chi connectivity index (χ3v) is 4.94. The van der Waals surface area contributed by atoms with Crippen LogP contribution < -0.4 is 10.2 Å². The molecule has 1 atom stereocenters. The molecule has 2 aromatic rings. The monoisotopic (exact) mass is 444 g/mol. The minimum atomic E-state index is -1.06. The van der Waals surface area contributed by atoms with Crippen molar-refractivity contribution in [2.24, 2.45) is 0 Å². The summed E-state index contributed by atoms with van der Waals surface area (Å²) < 4.78 is 5.76. The highest BCUT2D eigenvalue weighted by atomic mass is 79.9. The maximum absolute atomic E-state index is 12.8. The molecule has 1 heterocycles. The number of halogens is 1. The van der Waals surface area contributed by atoms with E-state index in [1.54, 1.807) is 6.92 Å². The van der Waals surface area contributed by atoms with Crippen molar-refractivity contribution in [2.75, 3.05) is 12.0 Å². The van der Waals surface area contributed by atoms with Crippen molar-refractivity contribution in [2.45, 2.75) is 13.0 Å². The Kier molecular flexibility index (Phi) is 5.51. The second-order valence-electron chi connectivity index (χ2n) is 6.12. The summed E-state index contributed by atoms with van der Waals surface area (Å²) in [6.07, 6.45) is 0. The van der Waals surface area contributed by atoms with E-state index in [1.165, 1.54) is 36.3 Å². The Bertz CT molecular complexity index is 984. The van der Waals surface area contributed by atoms with Gasteiger partial charge in [-0.15, -0.1) is 0 Å². The van der Waals surface area contributed by atoms with Crippen molar-refractivity contribution in [3.05, 3.63) is 75.4 Å². The predicted molar refractivity (Wildman–Crippen MR) is 106 cm³/mol. The van der Waals surface area contributed by atoms with Gasteiger partial charge < -0.3 is 15.2 Å². The molecule has 0 bridgehead atoms. The number of hydrogen-bond donors (Lipinski definition) is 2. The van der Waals surface area contributed by atoms with E-state index in [4.69, 9.17) is 9.84 Å². The number of amides is 2. The smallest absolute Gasteiger partial charge is 0.337 e. The quantitative estimate of drug-likeness (QED) is 0.697. The van der Waals surface area contributed by atoms with Crippen LogP contribution in [0.25, 0.3) is 0 Å². The molecule has 3 rings (SSSR count). The number of nitrogens with one attached hydrogen (secondary N) is 1. The zero-order valence-corrected chi connectivity index (χ0v) is 16.7. The first kappa shape index (κ1) is 19.6. The molecular formula is C20H17BrN2O5. The normalized spacial score (nSPS) is 16.6. The first-order valence-corrected chi connectivity index (χ1v) is 9.11. The first-order valence-electron chi connectivity index (χ1n) is 8.32. The van der Waals surface area contributed by atoms with E-state index in [9.17, 15) is 14.4 Å². The summed E-state index contributed by atoms with van der Waals surface area (Å²) >= 11 is 3.40. The Labute approximate surface area is 169 Å². The number of methoxy groups -OCH3 is 1. The lowest BCUT2D eigenvalue weighted by Crippen LogP contribution is -2.48. The molecule has 0 fully saturated rings. The molecule has 0 aromatic heterocycles. The lowest BCUT2D eigenvalue weighted by Gasteiger charge is -2.35. The Morgan fingerprint density at radius 3 is 2.43 bits per heavy atom. The van der Waals surface area contributed by atoms with Crippen LogP contribution in [-0.2, 0) is 9.53 Å². The molecule has 1 aliphatic rings. The minimum Gasteiger partial charge on any atom is -0.478 e. The number of rotatable bonds is 4. The number of allylic oxidation sites excluding steroid dienone is 1. The number of benzene rings is 2. The van der Waals surface area contributed by atoms with Gasteiger partial charge in [0.2, 0.25) is 0 Å². The highest BCUT2D eigenvalue weighted by molar-refractivity contribution is 9.10. The average Bonchev–Trinajstić information content (AvgIpc) is 2.67. The Morgan fingerprint density at radius 1 is 1.18 bits per heavy atom. The minimum absolute atomic E-state index is 0.100. The zero-order valence-electron chi connectivity index (χ0n) is 15.1. The number of hydrogen-bond acceptors (Lipinski definition) is 4.